The van der Waals surface area contributed by atoms with Gasteiger partial charge in [0, 0.05) is 11.6 Å². The maximum absolute atomic E-state index is 13.3. The SMILES string of the molecule is CC(C)(C)C(=O)Nc1nc(Cl)c2c(F)c[nH]c2n1. The first-order chi connectivity index (χ1) is 8.29. The van der Waals surface area contributed by atoms with E-state index in [0.29, 0.717) is 0 Å². The minimum Gasteiger partial charge on any atom is -0.343 e. The minimum absolute atomic E-state index is 0.0389. The molecule has 7 heteroatoms. The van der Waals surface area contributed by atoms with Gasteiger partial charge in [-0.25, -0.2) is 4.39 Å². The third kappa shape index (κ3) is 2.28. The molecule has 0 saturated heterocycles. The maximum Gasteiger partial charge on any atom is 0.232 e. The van der Waals surface area contributed by atoms with Crippen molar-refractivity contribution in [1.29, 1.82) is 0 Å². The number of amides is 1. The van der Waals surface area contributed by atoms with E-state index in [9.17, 15) is 9.18 Å². The quantitative estimate of drug-likeness (QED) is 0.783. The number of aromatic amines is 1. The molecule has 0 aliphatic carbocycles. The van der Waals surface area contributed by atoms with Crippen LogP contribution in [0.2, 0.25) is 5.15 Å². The maximum atomic E-state index is 13.3. The van der Waals surface area contributed by atoms with E-state index in [4.69, 9.17) is 11.6 Å². The Labute approximate surface area is 108 Å². The third-order valence-electron chi connectivity index (χ3n) is 2.35. The summed E-state index contributed by atoms with van der Waals surface area (Å²) < 4.78 is 13.3. The molecule has 0 aliphatic rings. The van der Waals surface area contributed by atoms with Crippen molar-refractivity contribution >= 4 is 34.5 Å². The Morgan fingerprint density at radius 2 is 2.11 bits per heavy atom. The topological polar surface area (TPSA) is 70.7 Å². The van der Waals surface area contributed by atoms with E-state index in [1.807, 2.05) is 0 Å². The molecule has 0 aromatic carbocycles. The highest BCUT2D eigenvalue weighted by Crippen LogP contribution is 2.24. The summed E-state index contributed by atoms with van der Waals surface area (Å²) in [5.74, 6) is -0.720. The van der Waals surface area contributed by atoms with Crippen molar-refractivity contribution in [3.63, 3.8) is 0 Å². The number of fused-ring (bicyclic) bond motifs is 1. The highest BCUT2D eigenvalue weighted by molar-refractivity contribution is 6.34. The first-order valence-corrected chi connectivity index (χ1v) is 5.68. The summed E-state index contributed by atoms with van der Waals surface area (Å²) in [7, 11) is 0. The van der Waals surface area contributed by atoms with Crippen molar-refractivity contribution in [2.24, 2.45) is 5.41 Å². The largest absolute Gasteiger partial charge is 0.343 e. The molecule has 2 rings (SSSR count). The van der Waals surface area contributed by atoms with Crippen LogP contribution in [0.5, 0.6) is 0 Å². The van der Waals surface area contributed by atoms with Crippen molar-refractivity contribution in [3.8, 4) is 0 Å². The fourth-order valence-electron chi connectivity index (χ4n) is 1.30. The average molecular weight is 271 g/mol. The van der Waals surface area contributed by atoms with Gasteiger partial charge in [-0.1, -0.05) is 32.4 Å². The Bertz CT molecular complexity index is 617. The summed E-state index contributed by atoms with van der Waals surface area (Å²) in [6, 6.07) is 0. The summed E-state index contributed by atoms with van der Waals surface area (Å²) >= 11 is 5.84. The number of H-pyrrole nitrogens is 1. The second-order valence-corrected chi connectivity index (χ2v) is 5.26. The number of nitrogens with one attached hydrogen (secondary N) is 2. The molecule has 96 valence electrons. The monoisotopic (exact) mass is 270 g/mol. The van der Waals surface area contributed by atoms with Crippen LogP contribution in [-0.4, -0.2) is 20.9 Å². The van der Waals surface area contributed by atoms with Crippen molar-refractivity contribution in [3.05, 3.63) is 17.2 Å². The predicted molar refractivity (Wildman–Crippen MR) is 66.9 cm³/mol. The highest BCUT2D eigenvalue weighted by atomic mass is 35.5. The predicted octanol–water partition coefficient (Wildman–Crippen LogP) is 2.73. The normalized spacial score (nSPS) is 11.8. The number of halogens is 2. The average Bonchev–Trinajstić information content (AvgIpc) is 2.59. The lowest BCUT2D eigenvalue weighted by Gasteiger charge is -2.16. The van der Waals surface area contributed by atoms with E-state index >= 15 is 0 Å². The second-order valence-electron chi connectivity index (χ2n) is 4.90. The molecule has 0 spiro atoms. The van der Waals surface area contributed by atoms with Crippen LogP contribution in [0.25, 0.3) is 11.0 Å². The lowest BCUT2D eigenvalue weighted by molar-refractivity contribution is -0.123. The molecule has 0 saturated carbocycles. The van der Waals surface area contributed by atoms with Crippen LogP contribution in [0.4, 0.5) is 10.3 Å². The van der Waals surface area contributed by atoms with Gasteiger partial charge in [-0.15, -0.1) is 0 Å². The van der Waals surface area contributed by atoms with Crippen LogP contribution >= 0.6 is 11.6 Å². The van der Waals surface area contributed by atoms with Crippen molar-refractivity contribution in [2.75, 3.05) is 5.32 Å². The second kappa shape index (κ2) is 4.20. The van der Waals surface area contributed by atoms with Gasteiger partial charge in [0.25, 0.3) is 0 Å². The Hall–Kier alpha value is -1.69. The molecule has 0 fully saturated rings. The number of carbonyl (C=O) groups excluding carboxylic acids is 1. The van der Waals surface area contributed by atoms with E-state index in [0.717, 1.165) is 6.20 Å². The summed E-state index contributed by atoms with van der Waals surface area (Å²) in [5.41, 5.74) is -0.331. The van der Waals surface area contributed by atoms with Gasteiger partial charge in [0.05, 0.1) is 5.39 Å². The Morgan fingerprint density at radius 3 is 2.72 bits per heavy atom. The van der Waals surface area contributed by atoms with E-state index in [1.54, 1.807) is 20.8 Å². The smallest absolute Gasteiger partial charge is 0.232 e. The van der Waals surface area contributed by atoms with Gasteiger partial charge in [-0.2, -0.15) is 9.97 Å². The molecule has 2 aromatic heterocycles. The Kier molecular flexibility index (Phi) is 2.98. The summed E-state index contributed by atoms with van der Waals surface area (Å²) in [6.45, 7) is 5.28. The summed E-state index contributed by atoms with van der Waals surface area (Å²) in [5, 5.41) is 2.61. The molecule has 0 bridgehead atoms. The van der Waals surface area contributed by atoms with Crippen molar-refractivity contribution in [1.82, 2.24) is 15.0 Å². The number of nitrogens with zero attached hydrogens (tertiary/aromatic N) is 2. The zero-order valence-electron chi connectivity index (χ0n) is 10.1. The number of aromatic nitrogens is 3. The summed E-state index contributed by atoms with van der Waals surface area (Å²) in [6.07, 6.45) is 1.14. The fraction of sp³-hybridized carbons (Fsp3) is 0.364. The molecule has 1 amide bonds. The highest BCUT2D eigenvalue weighted by Gasteiger charge is 2.23. The number of hydrogen-bond acceptors (Lipinski definition) is 3. The molecule has 2 heterocycles. The first-order valence-electron chi connectivity index (χ1n) is 5.30. The van der Waals surface area contributed by atoms with Gasteiger partial charge >= 0.3 is 0 Å². The van der Waals surface area contributed by atoms with Crippen LogP contribution in [0.15, 0.2) is 6.20 Å². The molecular formula is C11H12ClFN4O. The van der Waals surface area contributed by atoms with E-state index in [-0.39, 0.29) is 28.0 Å². The van der Waals surface area contributed by atoms with Gasteiger partial charge in [0.15, 0.2) is 5.82 Å². The van der Waals surface area contributed by atoms with Gasteiger partial charge in [0.2, 0.25) is 11.9 Å². The van der Waals surface area contributed by atoms with E-state index in [1.165, 1.54) is 0 Å². The molecule has 0 aliphatic heterocycles. The van der Waals surface area contributed by atoms with Crippen molar-refractivity contribution in [2.45, 2.75) is 20.8 Å². The Balaban J connectivity index is 2.39. The van der Waals surface area contributed by atoms with E-state index in [2.05, 4.69) is 20.3 Å². The molecule has 18 heavy (non-hydrogen) atoms. The van der Waals surface area contributed by atoms with Crippen LogP contribution in [-0.2, 0) is 4.79 Å². The molecular weight excluding hydrogens is 259 g/mol. The molecule has 2 aromatic rings. The minimum atomic E-state index is -0.578. The van der Waals surface area contributed by atoms with Crippen LogP contribution < -0.4 is 5.32 Å². The zero-order chi connectivity index (χ0) is 13.5. The lowest BCUT2D eigenvalue weighted by atomic mass is 9.96. The van der Waals surface area contributed by atoms with Crippen LogP contribution in [0.3, 0.4) is 0 Å². The number of hydrogen-bond donors (Lipinski definition) is 2. The molecule has 5 nitrogen and oxygen atoms in total. The standard InChI is InChI=1S/C11H12ClFN4O/c1-11(2,3)9(18)17-10-15-7(12)6-5(13)4-14-8(6)16-10/h4H,1-3H3,(H2,14,15,16,17,18). The van der Waals surface area contributed by atoms with Gasteiger partial charge in [-0.05, 0) is 0 Å². The third-order valence-corrected chi connectivity index (χ3v) is 2.62. The molecule has 0 unspecified atom stereocenters. The Morgan fingerprint density at radius 1 is 1.44 bits per heavy atom. The fourth-order valence-corrected chi connectivity index (χ4v) is 1.56. The van der Waals surface area contributed by atoms with Crippen LogP contribution in [0.1, 0.15) is 20.8 Å². The summed E-state index contributed by atoms with van der Waals surface area (Å²) in [4.78, 5) is 22.2. The van der Waals surface area contributed by atoms with Crippen LogP contribution in [0, 0.1) is 11.2 Å². The van der Waals surface area contributed by atoms with Gasteiger partial charge < -0.3 is 4.98 Å². The molecule has 0 atom stereocenters. The zero-order valence-corrected chi connectivity index (χ0v) is 10.9. The van der Waals surface area contributed by atoms with Crippen molar-refractivity contribution < 1.29 is 9.18 Å². The van der Waals surface area contributed by atoms with E-state index < -0.39 is 11.2 Å². The first kappa shape index (κ1) is 12.8. The molecule has 0 radical (unpaired) electrons. The number of rotatable bonds is 1. The lowest BCUT2D eigenvalue weighted by Crippen LogP contribution is -2.28. The number of anilines is 1. The van der Waals surface area contributed by atoms with Gasteiger partial charge in [-0.3, -0.25) is 10.1 Å². The van der Waals surface area contributed by atoms with Gasteiger partial charge in [0.1, 0.15) is 10.8 Å². The number of carbonyl (C=O) groups is 1. The molecule has 2 N–H and O–H groups in total.